The lowest BCUT2D eigenvalue weighted by Gasteiger charge is -2.35. The van der Waals surface area contributed by atoms with Crippen LogP contribution in [0.4, 0.5) is 5.69 Å². The van der Waals surface area contributed by atoms with Crippen LogP contribution in [-0.2, 0) is 11.8 Å². The third-order valence-corrected chi connectivity index (χ3v) is 5.07. The molecule has 0 atom stereocenters. The van der Waals surface area contributed by atoms with Crippen LogP contribution < -0.4 is 10.2 Å². The molecule has 1 aliphatic heterocycles. The lowest BCUT2D eigenvalue weighted by Crippen LogP contribution is -2.56. The van der Waals surface area contributed by atoms with Crippen LogP contribution in [0.3, 0.4) is 0 Å². The summed E-state index contributed by atoms with van der Waals surface area (Å²) < 4.78 is 1.72. The van der Waals surface area contributed by atoms with Crippen molar-refractivity contribution < 1.29 is 4.79 Å². The first-order valence-corrected chi connectivity index (χ1v) is 9.50. The highest BCUT2D eigenvalue weighted by molar-refractivity contribution is 5.98. The Morgan fingerprint density at radius 2 is 2.19 bits per heavy atom. The quantitative estimate of drug-likeness (QED) is 0.591. The van der Waals surface area contributed by atoms with Crippen LogP contribution in [-0.4, -0.2) is 83.3 Å². The highest BCUT2D eigenvalue weighted by atomic mass is 16.2. The average Bonchev–Trinajstić information content (AvgIpc) is 3.35. The third kappa shape index (κ3) is 4.35. The molecule has 1 aromatic rings. The molecule has 1 amide bonds. The molecule has 3 rings (SSSR count). The van der Waals surface area contributed by atoms with Crippen molar-refractivity contribution in [1.82, 2.24) is 24.9 Å². The molecule has 0 bridgehead atoms. The van der Waals surface area contributed by atoms with Gasteiger partial charge in [-0.3, -0.25) is 19.4 Å². The van der Waals surface area contributed by atoms with E-state index in [9.17, 15) is 4.79 Å². The predicted octanol–water partition coefficient (Wildman–Crippen LogP) is 0.517. The fraction of sp³-hybridized carbons (Fsp3) is 0.722. The Morgan fingerprint density at radius 1 is 1.42 bits per heavy atom. The molecular formula is C18H31N7O. The summed E-state index contributed by atoms with van der Waals surface area (Å²) in [6.07, 6.45) is 6.24. The predicted molar refractivity (Wildman–Crippen MR) is 103 cm³/mol. The van der Waals surface area contributed by atoms with Gasteiger partial charge in [-0.05, 0) is 26.7 Å². The Kier molecular flexibility index (Phi) is 5.80. The van der Waals surface area contributed by atoms with E-state index in [0.29, 0.717) is 19.1 Å². The van der Waals surface area contributed by atoms with E-state index in [1.165, 1.54) is 12.8 Å². The summed E-state index contributed by atoms with van der Waals surface area (Å²) >= 11 is 0. The maximum absolute atomic E-state index is 12.6. The summed E-state index contributed by atoms with van der Waals surface area (Å²) in [5, 5.41) is 7.59. The molecule has 1 saturated heterocycles. The molecule has 26 heavy (non-hydrogen) atoms. The number of piperazine rings is 1. The molecule has 0 aromatic carbocycles. The van der Waals surface area contributed by atoms with Gasteiger partial charge in [0.05, 0.1) is 11.9 Å². The second-order valence-corrected chi connectivity index (χ2v) is 7.38. The fourth-order valence-corrected chi connectivity index (χ4v) is 3.57. The summed E-state index contributed by atoms with van der Waals surface area (Å²) in [6, 6.07) is 1.32. The number of carbonyl (C=O) groups is 1. The molecule has 2 fully saturated rings. The highest BCUT2D eigenvalue weighted by Gasteiger charge is 2.31. The Hall–Kier alpha value is -2.09. The average molecular weight is 361 g/mol. The molecule has 144 valence electrons. The van der Waals surface area contributed by atoms with Gasteiger partial charge in [0.1, 0.15) is 6.54 Å². The zero-order chi connectivity index (χ0) is 18.7. The zero-order valence-electron chi connectivity index (χ0n) is 16.4. The molecule has 0 spiro atoms. The van der Waals surface area contributed by atoms with Crippen LogP contribution in [0.25, 0.3) is 0 Å². The SMILES string of the molecule is CN=C(NCCN(C(C)C)C1CC1)N1CCN(c2cnn(C)c2)C(=O)C1. The number of aromatic nitrogens is 2. The summed E-state index contributed by atoms with van der Waals surface area (Å²) in [7, 11) is 3.64. The number of aliphatic imine (C=N–C) groups is 1. The van der Waals surface area contributed by atoms with E-state index in [2.05, 4.69) is 34.2 Å². The van der Waals surface area contributed by atoms with Gasteiger partial charge in [-0.15, -0.1) is 0 Å². The topological polar surface area (TPSA) is 69.0 Å². The lowest BCUT2D eigenvalue weighted by molar-refractivity contribution is -0.120. The summed E-state index contributed by atoms with van der Waals surface area (Å²) in [5.41, 5.74) is 0.858. The number of anilines is 1. The summed E-state index contributed by atoms with van der Waals surface area (Å²) in [5.74, 6) is 0.887. The smallest absolute Gasteiger partial charge is 0.246 e. The Labute approximate surface area is 155 Å². The zero-order valence-corrected chi connectivity index (χ0v) is 16.4. The van der Waals surface area contributed by atoms with Crippen molar-refractivity contribution >= 4 is 17.6 Å². The second-order valence-electron chi connectivity index (χ2n) is 7.38. The molecule has 8 nitrogen and oxygen atoms in total. The van der Waals surface area contributed by atoms with E-state index >= 15 is 0 Å². The first-order chi connectivity index (χ1) is 12.5. The normalized spacial score (nSPS) is 19.0. The van der Waals surface area contributed by atoms with Crippen LogP contribution in [0.5, 0.6) is 0 Å². The summed E-state index contributed by atoms with van der Waals surface area (Å²) in [6.45, 7) is 8.10. The molecule has 8 heteroatoms. The molecule has 0 unspecified atom stereocenters. The van der Waals surface area contributed by atoms with Crippen LogP contribution in [0.15, 0.2) is 17.4 Å². The van der Waals surface area contributed by atoms with E-state index in [1.54, 1.807) is 22.8 Å². The lowest BCUT2D eigenvalue weighted by atomic mass is 10.3. The third-order valence-electron chi connectivity index (χ3n) is 5.07. The number of aryl methyl sites for hydroxylation is 1. The number of hydrogen-bond donors (Lipinski definition) is 1. The summed E-state index contributed by atoms with van der Waals surface area (Å²) in [4.78, 5) is 23.3. The van der Waals surface area contributed by atoms with Gasteiger partial charge in [0, 0.05) is 58.6 Å². The van der Waals surface area contributed by atoms with Gasteiger partial charge in [0.25, 0.3) is 0 Å². The van der Waals surface area contributed by atoms with Gasteiger partial charge in [-0.25, -0.2) is 0 Å². The molecule has 2 heterocycles. The van der Waals surface area contributed by atoms with E-state index in [-0.39, 0.29) is 5.91 Å². The number of nitrogens with zero attached hydrogens (tertiary/aromatic N) is 6. The standard InChI is InChI=1S/C18H31N7O/c1-14(2)24(15-5-6-15)8-7-20-18(19-3)23-9-10-25(17(26)13-23)16-11-21-22(4)12-16/h11-12,14-15H,5-10,13H2,1-4H3,(H,19,20). The van der Waals surface area contributed by atoms with Crippen molar-refractivity contribution in [2.75, 3.05) is 44.7 Å². The van der Waals surface area contributed by atoms with Crippen molar-refractivity contribution in [2.24, 2.45) is 12.0 Å². The Balaban J connectivity index is 1.50. The van der Waals surface area contributed by atoms with Crippen LogP contribution >= 0.6 is 0 Å². The largest absolute Gasteiger partial charge is 0.355 e. The molecule has 2 aliphatic rings. The molecule has 1 aromatic heterocycles. The maximum atomic E-state index is 12.6. The number of nitrogens with one attached hydrogen (secondary N) is 1. The Morgan fingerprint density at radius 3 is 2.73 bits per heavy atom. The molecule has 0 radical (unpaired) electrons. The van der Waals surface area contributed by atoms with Crippen molar-refractivity contribution in [1.29, 1.82) is 0 Å². The fourth-order valence-electron chi connectivity index (χ4n) is 3.57. The highest BCUT2D eigenvalue weighted by Crippen LogP contribution is 2.27. The number of guanidine groups is 1. The van der Waals surface area contributed by atoms with Gasteiger partial charge in [0.2, 0.25) is 5.91 Å². The minimum atomic E-state index is 0.0778. The maximum Gasteiger partial charge on any atom is 0.246 e. The van der Waals surface area contributed by atoms with E-state index in [1.807, 2.05) is 18.1 Å². The number of rotatable bonds is 6. The van der Waals surface area contributed by atoms with Crippen molar-refractivity contribution in [3.8, 4) is 0 Å². The van der Waals surface area contributed by atoms with Gasteiger partial charge in [-0.2, -0.15) is 5.10 Å². The molecule has 1 saturated carbocycles. The number of amides is 1. The van der Waals surface area contributed by atoms with Crippen LogP contribution in [0.1, 0.15) is 26.7 Å². The first-order valence-electron chi connectivity index (χ1n) is 9.50. The van der Waals surface area contributed by atoms with E-state index in [4.69, 9.17) is 0 Å². The first kappa shape index (κ1) is 18.7. The van der Waals surface area contributed by atoms with Crippen LogP contribution in [0.2, 0.25) is 0 Å². The van der Waals surface area contributed by atoms with Gasteiger partial charge >= 0.3 is 0 Å². The minimum Gasteiger partial charge on any atom is -0.355 e. The van der Waals surface area contributed by atoms with Crippen molar-refractivity contribution in [2.45, 2.75) is 38.8 Å². The molecular weight excluding hydrogens is 330 g/mol. The second kappa shape index (κ2) is 8.07. The minimum absolute atomic E-state index is 0.0778. The van der Waals surface area contributed by atoms with Crippen molar-refractivity contribution in [3.05, 3.63) is 12.4 Å². The van der Waals surface area contributed by atoms with Crippen molar-refractivity contribution in [3.63, 3.8) is 0 Å². The number of carbonyl (C=O) groups excluding carboxylic acids is 1. The number of hydrogen-bond acceptors (Lipinski definition) is 4. The monoisotopic (exact) mass is 361 g/mol. The van der Waals surface area contributed by atoms with E-state index < -0.39 is 0 Å². The van der Waals surface area contributed by atoms with Gasteiger partial charge < -0.3 is 15.1 Å². The van der Waals surface area contributed by atoms with Gasteiger partial charge in [0.15, 0.2) is 5.96 Å². The molecule has 1 N–H and O–H groups in total. The van der Waals surface area contributed by atoms with E-state index in [0.717, 1.165) is 37.3 Å². The molecule has 1 aliphatic carbocycles. The van der Waals surface area contributed by atoms with Gasteiger partial charge in [-0.1, -0.05) is 0 Å². The Bertz CT molecular complexity index is 648. The van der Waals surface area contributed by atoms with Crippen LogP contribution in [0, 0.1) is 0 Å².